The Labute approximate surface area is 160 Å². The number of fused-ring (bicyclic) bond motifs is 1. The van der Waals surface area contributed by atoms with Crippen LogP contribution in [0.1, 0.15) is 22.6 Å². The molecule has 1 aliphatic rings. The van der Waals surface area contributed by atoms with Gasteiger partial charge in [-0.25, -0.2) is 4.68 Å². The second-order valence-electron chi connectivity index (χ2n) is 6.63. The average Bonchev–Trinajstić information content (AvgIpc) is 3.08. The summed E-state index contributed by atoms with van der Waals surface area (Å²) in [6, 6.07) is 7.12. The van der Waals surface area contributed by atoms with Crippen molar-refractivity contribution < 1.29 is 19.4 Å². The summed E-state index contributed by atoms with van der Waals surface area (Å²) in [5, 5.41) is 19.3. The standard InChI is InChI=1S/C19H19N5O4/c1-12-18(19(27)23-7-8-28-11-14(23)9-17(25)26)21-22-24(12)16-4-2-3-13-10-20-6-5-15(13)16/h2-6,10,14H,7-9,11H2,1H3,(H,25,26). The van der Waals surface area contributed by atoms with Crippen molar-refractivity contribution in [3.63, 3.8) is 0 Å². The summed E-state index contributed by atoms with van der Waals surface area (Å²) in [6.07, 6.45) is 3.30. The first-order valence-corrected chi connectivity index (χ1v) is 8.92. The molecule has 1 fully saturated rings. The third-order valence-corrected chi connectivity index (χ3v) is 4.88. The Hall–Kier alpha value is -3.33. The van der Waals surface area contributed by atoms with Gasteiger partial charge in [-0.3, -0.25) is 14.6 Å². The molecule has 28 heavy (non-hydrogen) atoms. The molecule has 3 aromatic rings. The lowest BCUT2D eigenvalue weighted by molar-refractivity contribution is -0.139. The summed E-state index contributed by atoms with van der Waals surface area (Å²) < 4.78 is 6.98. The number of morpholine rings is 1. The van der Waals surface area contributed by atoms with Crippen LogP contribution < -0.4 is 0 Å². The topological polar surface area (TPSA) is 110 Å². The van der Waals surface area contributed by atoms with Gasteiger partial charge in [-0.2, -0.15) is 0 Å². The van der Waals surface area contributed by atoms with E-state index in [1.165, 1.54) is 4.90 Å². The number of ether oxygens (including phenoxy) is 1. The third-order valence-electron chi connectivity index (χ3n) is 4.88. The predicted octanol–water partition coefficient (Wildman–Crippen LogP) is 1.44. The lowest BCUT2D eigenvalue weighted by Crippen LogP contribution is -2.49. The molecule has 0 radical (unpaired) electrons. The van der Waals surface area contributed by atoms with E-state index in [1.54, 1.807) is 24.0 Å². The molecule has 9 nitrogen and oxygen atoms in total. The van der Waals surface area contributed by atoms with E-state index in [-0.39, 0.29) is 24.6 Å². The van der Waals surface area contributed by atoms with Crippen molar-refractivity contribution in [2.75, 3.05) is 19.8 Å². The highest BCUT2D eigenvalue weighted by Crippen LogP contribution is 2.23. The first kappa shape index (κ1) is 18.1. The van der Waals surface area contributed by atoms with Gasteiger partial charge in [-0.15, -0.1) is 5.10 Å². The Morgan fingerprint density at radius 1 is 1.32 bits per heavy atom. The van der Waals surface area contributed by atoms with Crippen LogP contribution in [0.2, 0.25) is 0 Å². The normalized spacial score (nSPS) is 17.0. The van der Waals surface area contributed by atoms with Crippen LogP contribution in [0.5, 0.6) is 0 Å². The number of hydrogen-bond acceptors (Lipinski definition) is 6. The molecule has 1 N–H and O–H groups in total. The number of carboxylic acid groups (broad SMARTS) is 1. The van der Waals surface area contributed by atoms with Crippen LogP contribution in [0.4, 0.5) is 0 Å². The van der Waals surface area contributed by atoms with Crippen LogP contribution >= 0.6 is 0 Å². The smallest absolute Gasteiger partial charge is 0.305 e. The molecule has 4 rings (SSSR count). The second-order valence-corrected chi connectivity index (χ2v) is 6.63. The quantitative estimate of drug-likeness (QED) is 0.728. The van der Waals surface area contributed by atoms with Gasteiger partial charge in [0.2, 0.25) is 0 Å². The lowest BCUT2D eigenvalue weighted by Gasteiger charge is -2.34. The van der Waals surface area contributed by atoms with Crippen molar-refractivity contribution in [3.8, 4) is 5.69 Å². The Balaban J connectivity index is 1.70. The molecule has 0 bridgehead atoms. The molecule has 1 aromatic carbocycles. The molecule has 2 aromatic heterocycles. The van der Waals surface area contributed by atoms with Gasteiger partial charge in [0.05, 0.1) is 37.1 Å². The molecule has 144 valence electrons. The zero-order chi connectivity index (χ0) is 19.7. The van der Waals surface area contributed by atoms with E-state index in [1.807, 2.05) is 24.3 Å². The second kappa shape index (κ2) is 7.35. The predicted molar refractivity (Wildman–Crippen MR) is 99.3 cm³/mol. The summed E-state index contributed by atoms with van der Waals surface area (Å²) in [6.45, 7) is 2.66. The number of amides is 1. The third kappa shape index (κ3) is 3.20. The summed E-state index contributed by atoms with van der Waals surface area (Å²) in [5.74, 6) is -1.31. The molecule has 3 heterocycles. The number of nitrogens with zero attached hydrogens (tertiary/aromatic N) is 5. The first-order valence-electron chi connectivity index (χ1n) is 8.92. The molecule has 1 unspecified atom stereocenters. The lowest BCUT2D eigenvalue weighted by atomic mass is 10.1. The number of pyridine rings is 1. The molecule has 9 heteroatoms. The van der Waals surface area contributed by atoms with Gasteiger partial charge in [0.15, 0.2) is 5.69 Å². The Kier molecular flexibility index (Phi) is 4.74. The van der Waals surface area contributed by atoms with E-state index in [0.717, 1.165) is 16.5 Å². The highest BCUT2D eigenvalue weighted by Gasteiger charge is 2.32. The van der Waals surface area contributed by atoms with Gasteiger partial charge in [-0.05, 0) is 19.1 Å². The number of carboxylic acids is 1. The fourth-order valence-electron chi connectivity index (χ4n) is 3.47. The van der Waals surface area contributed by atoms with Crippen LogP contribution in [0.15, 0.2) is 36.7 Å². The van der Waals surface area contributed by atoms with Crippen LogP contribution in [0, 0.1) is 6.92 Å². The van der Waals surface area contributed by atoms with Crippen LogP contribution in [-0.2, 0) is 9.53 Å². The number of rotatable bonds is 4. The molecule has 1 saturated heterocycles. The number of carbonyl (C=O) groups excluding carboxylic acids is 1. The van der Waals surface area contributed by atoms with Crippen molar-refractivity contribution in [1.82, 2.24) is 24.9 Å². The van der Waals surface area contributed by atoms with E-state index >= 15 is 0 Å². The van der Waals surface area contributed by atoms with E-state index in [2.05, 4.69) is 15.3 Å². The number of carbonyl (C=O) groups is 2. The summed E-state index contributed by atoms with van der Waals surface area (Å²) in [7, 11) is 0. The summed E-state index contributed by atoms with van der Waals surface area (Å²) in [5.41, 5.74) is 1.60. The van der Waals surface area contributed by atoms with Crippen molar-refractivity contribution in [1.29, 1.82) is 0 Å². The van der Waals surface area contributed by atoms with Gasteiger partial charge in [0.25, 0.3) is 5.91 Å². The van der Waals surface area contributed by atoms with E-state index in [4.69, 9.17) is 9.84 Å². The van der Waals surface area contributed by atoms with E-state index in [0.29, 0.717) is 18.8 Å². The molecule has 1 atom stereocenters. The van der Waals surface area contributed by atoms with Gasteiger partial charge in [-0.1, -0.05) is 17.3 Å². The van der Waals surface area contributed by atoms with Gasteiger partial charge < -0.3 is 14.7 Å². The van der Waals surface area contributed by atoms with Crippen molar-refractivity contribution in [2.45, 2.75) is 19.4 Å². The number of aromatic nitrogens is 4. The minimum Gasteiger partial charge on any atom is -0.481 e. The van der Waals surface area contributed by atoms with Crippen LogP contribution in [-0.4, -0.2) is 67.7 Å². The maximum absolute atomic E-state index is 13.1. The molecule has 1 aliphatic heterocycles. The van der Waals surface area contributed by atoms with E-state index in [9.17, 15) is 9.59 Å². The molecule has 0 spiro atoms. The van der Waals surface area contributed by atoms with Crippen molar-refractivity contribution in [3.05, 3.63) is 48.0 Å². The zero-order valence-corrected chi connectivity index (χ0v) is 15.3. The molecule has 0 saturated carbocycles. The van der Waals surface area contributed by atoms with Crippen LogP contribution in [0.25, 0.3) is 16.5 Å². The zero-order valence-electron chi connectivity index (χ0n) is 15.3. The molecular formula is C19H19N5O4. The van der Waals surface area contributed by atoms with Gasteiger partial charge in [0.1, 0.15) is 0 Å². The number of aliphatic carboxylic acids is 1. The maximum atomic E-state index is 13.1. The summed E-state index contributed by atoms with van der Waals surface area (Å²) >= 11 is 0. The number of benzene rings is 1. The molecular weight excluding hydrogens is 362 g/mol. The molecule has 0 aliphatic carbocycles. The van der Waals surface area contributed by atoms with Gasteiger partial charge in [0, 0.05) is 29.7 Å². The minimum atomic E-state index is -0.974. The molecule has 1 amide bonds. The fraction of sp³-hybridized carbons (Fsp3) is 0.316. The average molecular weight is 381 g/mol. The highest BCUT2D eigenvalue weighted by atomic mass is 16.5. The van der Waals surface area contributed by atoms with E-state index < -0.39 is 12.0 Å². The Bertz CT molecular complexity index is 1040. The minimum absolute atomic E-state index is 0.171. The Morgan fingerprint density at radius 2 is 2.18 bits per heavy atom. The van der Waals surface area contributed by atoms with Gasteiger partial charge >= 0.3 is 5.97 Å². The fourth-order valence-corrected chi connectivity index (χ4v) is 3.47. The highest BCUT2D eigenvalue weighted by molar-refractivity contribution is 5.94. The number of hydrogen-bond donors (Lipinski definition) is 1. The Morgan fingerprint density at radius 3 is 3.00 bits per heavy atom. The first-order chi connectivity index (χ1) is 13.6. The largest absolute Gasteiger partial charge is 0.481 e. The van der Waals surface area contributed by atoms with Crippen molar-refractivity contribution >= 4 is 22.6 Å². The maximum Gasteiger partial charge on any atom is 0.305 e. The van der Waals surface area contributed by atoms with Crippen LogP contribution in [0.3, 0.4) is 0 Å². The SMILES string of the molecule is Cc1c(C(=O)N2CCOCC2CC(=O)O)nnn1-c1cccc2cnccc12. The monoisotopic (exact) mass is 381 g/mol. The summed E-state index contributed by atoms with van der Waals surface area (Å²) in [4.78, 5) is 29.8. The van der Waals surface area contributed by atoms with Crippen molar-refractivity contribution in [2.24, 2.45) is 0 Å².